The number of amides is 1. The van der Waals surface area contributed by atoms with Crippen molar-refractivity contribution < 1.29 is 18.3 Å². The van der Waals surface area contributed by atoms with Gasteiger partial charge in [-0.25, -0.2) is 8.78 Å². The second-order valence-electron chi connectivity index (χ2n) is 3.75. The number of ether oxygens (including phenoxy) is 1. The van der Waals surface area contributed by atoms with Crippen LogP contribution in [-0.2, 0) is 9.53 Å². The molecule has 0 aromatic rings. The molecule has 1 rings (SSSR count). The lowest BCUT2D eigenvalue weighted by Gasteiger charge is -2.28. The summed E-state index contributed by atoms with van der Waals surface area (Å²) in [5.41, 5.74) is 0. The van der Waals surface area contributed by atoms with E-state index in [1.807, 2.05) is 0 Å². The fourth-order valence-electron chi connectivity index (χ4n) is 1.76. The van der Waals surface area contributed by atoms with E-state index < -0.39 is 13.0 Å². The molecule has 1 saturated heterocycles. The molecule has 16 heavy (non-hydrogen) atoms. The van der Waals surface area contributed by atoms with Gasteiger partial charge < -0.3 is 9.64 Å². The molecule has 0 atom stereocenters. The van der Waals surface area contributed by atoms with E-state index in [9.17, 15) is 13.6 Å². The quantitative estimate of drug-likeness (QED) is 0.701. The summed E-state index contributed by atoms with van der Waals surface area (Å²) in [6, 6.07) is 0. The first-order valence-electron chi connectivity index (χ1n) is 5.35. The van der Waals surface area contributed by atoms with Crippen LogP contribution in [0.25, 0.3) is 0 Å². The van der Waals surface area contributed by atoms with Crippen LogP contribution in [0.5, 0.6) is 0 Å². The third-order valence-corrected chi connectivity index (χ3v) is 2.76. The minimum atomic E-state index is -2.51. The monoisotopic (exact) mass is 255 g/mol. The van der Waals surface area contributed by atoms with Crippen LogP contribution >= 0.6 is 11.6 Å². The van der Waals surface area contributed by atoms with Crippen molar-refractivity contribution in [1.82, 2.24) is 4.90 Å². The maximum atomic E-state index is 12.3. The van der Waals surface area contributed by atoms with Gasteiger partial charge in [-0.1, -0.05) is 0 Å². The van der Waals surface area contributed by atoms with Gasteiger partial charge in [-0.2, -0.15) is 0 Å². The van der Waals surface area contributed by atoms with Gasteiger partial charge >= 0.3 is 0 Å². The molecule has 1 fully saturated rings. The van der Waals surface area contributed by atoms with E-state index in [0.717, 1.165) is 4.90 Å². The lowest BCUT2D eigenvalue weighted by Crippen LogP contribution is -2.42. The molecule has 1 aliphatic rings. The molecule has 0 N–H and O–H groups in total. The summed E-state index contributed by atoms with van der Waals surface area (Å²) in [4.78, 5) is 13.1. The van der Waals surface area contributed by atoms with Crippen LogP contribution in [0, 0.1) is 5.92 Å². The molecule has 1 aliphatic heterocycles. The highest BCUT2D eigenvalue weighted by atomic mass is 35.5. The van der Waals surface area contributed by atoms with Gasteiger partial charge in [-0.3, -0.25) is 4.79 Å². The van der Waals surface area contributed by atoms with Crippen molar-refractivity contribution in [1.29, 1.82) is 0 Å². The topological polar surface area (TPSA) is 29.5 Å². The van der Waals surface area contributed by atoms with Crippen LogP contribution in [0.3, 0.4) is 0 Å². The Morgan fingerprint density at radius 3 is 2.56 bits per heavy atom. The average molecular weight is 256 g/mol. The Labute approximate surface area is 98.7 Å². The normalized spacial score (nSPS) is 17.8. The van der Waals surface area contributed by atoms with E-state index in [2.05, 4.69) is 0 Å². The molecule has 0 aromatic carbocycles. The van der Waals surface area contributed by atoms with Gasteiger partial charge in [0, 0.05) is 31.6 Å². The molecule has 94 valence electrons. The Kier molecular flexibility index (Phi) is 5.98. The van der Waals surface area contributed by atoms with Crippen molar-refractivity contribution in [2.45, 2.75) is 19.3 Å². The summed E-state index contributed by atoms with van der Waals surface area (Å²) >= 11 is 5.50. The Morgan fingerprint density at radius 2 is 2.06 bits per heavy atom. The molecule has 1 amide bonds. The number of rotatable bonds is 5. The summed E-state index contributed by atoms with van der Waals surface area (Å²) in [5.74, 6) is -0.221. The van der Waals surface area contributed by atoms with E-state index in [4.69, 9.17) is 16.3 Å². The lowest BCUT2D eigenvalue weighted by molar-refractivity contribution is -0.140. The zero-order chi connectivity index (χ0) is 12.0. The van der Waals surface area contributed by atoms with Gasteiger partial charge in [0.15, 0.2) is 0 Å². The zero-order valence-electron chi connectivity index (χ0n) is 9.00. The smallest absolute Gasteiger partial charge is 0.255 e. The van der Waals surface area contributed by atoms with Crippen LogP contribution in [-0.4, -0.2) is 49.4 Å². The molecule has 0 bridgehead atoms. The molecular weight excluding hydrogens is 240 g/mol. The van der Waals surface area contributed by atoms with Crippen LogP contribution in [0.15, 0.2) is 0 Å². The number of carbonyl (C=O) groups is 1. The lowest BCUT2D eigenvalue weighted by atomic mass is 9.98. The molecule has 0 radical (unpaired) electrons. The number of nitrogens with zero attached hydrogens (tertiary/aromatic N) is 1. The molecule has 0 spiro atoms. The number of hydrogen-bond acceptors (Lipinski definition) is 2. The highest BCUT2D eigenvalue weighted by molar-refractivity contribution is 6.18. The van der Waals surface area contributed by atoms with Crippen LogP contribution in [0.2, 0.25) is 0 Å². The van der Waals surface area contributed by atoms with Gasteiger partial charge in [0.05, 0.1) is 6.54 Å². The van der Waals surface area contributed by atoms with Crippen molar-refractivity contribution in [3.63, 3.8) is 0 Å². The Hall–Kier alpha value is -0.420. The predicted octanol–water partition coefficient (Wildman–Crippen LogP) is 1.75. The maximum Gasteiger partial charge on any atom is 0.255 e. The minimum Gasteiger partial charge on any atom is -0.381 e. The first-order chi connectivity index (χ1) is 7.65. The fourth-order valence-corrected chi connectivity index (χ4v) is 1.97. The second-order valence-corrected chi connectivity index (χ2v) is 4.13. The van der Waals surface area contributed by atoms with E-state index in [0.29, 0.717) is 26.1 Å². The number of alkyl halides is 3. The van der Waals surface area contributed by atoms with Gasteiger partial charge in [0.25, 0.3) is 6.43 Å². The second kappa shape index (κ2) is 7.01. The molecular formula is C10H16ClF2NO2. The highest BCUT2D eigenvalue weighted by Gasteiger charge is 2.27. The standard InChI is InChI=1S/C10H16ClF2NO2/c11-3-4-14(7-9(12)13)10(15)8-1-5-16-6-2-8/h8-9H,1-7H2. The van der Waals surface area contributed by atoms with Crippen molar-refractivity contribution >= 4 is 17.5 Å². The Balaban J connectivity index is 2.50. The Bertz CT molecular complexity index is 223. The number of halogens is 3. The first-order valence-corrected chi connectivity index (χ1v) is 5.89. The molecule has 3 nitrogen and oxygen atoms in total. The third kappa shape index (κ3) is 4.22. The highest BCUT2D eigenvalue weighted by Crippen LogP contribution is 2.18. The van der Waals surface area contributed by atoms with Gasteiger partial charge in [0.2, 0.25) is 5.91 Å². The van der Waals surface area contributed by atoms with E-state index >= 15 is 0 Å². The molecule has 0 aromatic heterocycles. The van der Waals surface area contributed by atoms with E-state index in [1.165, 1.54) is 0 Å². The summed E-state index contributed by atoms with van der Waals surface area (Å²) in [6.45, 7) is 0.713. The molecule has 0 aliphatic carbocycles. The zero-order valence-corrected chi connectivity index (χ0v) is 9.76. The van der Waals surface area contributed by atoms with Crippen LogP contribution in [0.4, 0.5) is 8.78 Å². The third-order valence-electron chi connectivity index (χ3n) is 2.60. The van der Waals surface area contributed by atoms with Crippen LogP contribution in [0.1, 0.15) is 12.8 Å². The van der Waals surface area contributed by atoms with Gasteiger partial charge in [-0.05, 0) is 12.8 Å². The molecule has 0 saturated carbocycles. The van der Waals surface area contributed by atoms with Crippen molar-refractivity contribution in [2.75, 3.05) is 32.2 Å². The van der Waals surface area contributed by atoms with Crippen LogP contribution < -0.4 is 0 Å². The molecule has 6 heteroatoms. The summed E-state index contributed by atoms with van der Waals surface area (Å²) in [6.07, 6.45) is -1.28. The number of hydrogen-bond donors (Lipinski definition) is 0. The number of carbonyl (C=O) groups excluding carboxylic acids is 1. The average Bonchev–Trinajstić information content (AvgIpc) is 2.28. The van der Waals surface area contributed by atoms with Gasteiger partial charge in [-0.15, -0.1) is 11.6 Å². The van der Waals surface area contributed by atoms with Gasteiger partial charge in [0.1, 0.15) is 0 Å². The first kappa shape index (κ1) is 13.6. The Morgan fingerprint density at radius 1 is 1.44 bits per heavy atom. The summed E-state index contributed by atoms with van der Waals surface area (Å²) in [5, 5.41) is 0. The van der Waals surface area contributed by atoms with E-state index in [1.54, 1.807) is 0 Å². The van der Waals surface area contributed by atoms with Crippen molar-refractivity contribution in [3.05, 3.63) is 0 Å². The van der Waals surface area contributed by atoms with Crippen molar-refractivity contribution in [3.8, 4) is 0 Å². The summed E-state index contributed by atoms with van der Waals surface area (Å²) < 4.78 is 29.7. The predicted molar refractivity (Wildman–Crippen MR) is 56.8 cm³/mol. The molecule has 0 unspecified atom stereocenters. The molecule has 1 heterocycles. The van der Waals surface area contributed by atoms with Crippen molar-refractivity contribution in [2.24, 2.45) is 5.92 Å². The van der Waals surface area contributed by atoms with E-state index in [-0.39, 0.29) is 24.2 Å². The minimum absolute atomic E-state index is 0.182. The maximum absolute atomic E-state index is 12.3. The largest absolute Gasteiger partial charge is 0.381 e. The fraction of sp³-hybridized carbons (Fsp3) is 0.900. The SMILES string of the molecule is O=C(C1CCOCC1)N(CCCl)CC(F)F. The summed E-state index contributed by atoms with van der Waals surface area (Å²) in [7, 11) is 0.